The van der Waals surface area contributed by atoms with Crippen molar-refractivity contribution in [2.75, 3.05) is 16.8 Å². The van der Waals surface area contributed by atoms with Gasteiger partial charge in [0.1, 0.15) is 5.82 Å². The number of hydrogen-bond acceptors (Lipinski definition) is 7. The number of nitrogens with two attached hydrogens (primary N) is 2. The Morgan fingerprint density at radius 1 is 0.872 bits per heavy atom. The predicted molar refractivity (Wildman–Crippen MR) is 151 cm³/mol. The Bertz CT molecular complexity index is 1620. The largest absolute Gasteiger partial charge is 0.383 e. The number of aryl methyl sites for hydroxylation is 2. The Labute approximate surface area is 234 Å². The summed E-state index contributed by atoms with van der Waals surface area (Å²) in [7, 11) is -4.79. The molecule has 0 saturated heterocycles. The Hall–Kier alpha value is -3.93. The topological polar surface area (TPSA) is 153 Å². The monoisotopic (exact) mass is 588 g/mol. The molecule has 0 bridgehead atoms. The van der Waals surface area contributed by atoms with Crippen LogP contribution in [0.5, 0.6) is 0 Å². The minimum Gasteiger partial charge on any atom is -0.383 e. The molecule has 0 aliphatic heterocycles. The van der Waals surface area contributed by atoms with E-state index in [0.29, 0.717) is 39.8 Å². The zero-order valence-corrected chi connectivity index (χ0v) is 22.6. The van der Waals surface area contributed by atoms with E-state index in [0.717, 1.165) is 28.8 Å². The molecular weight excluding hydrogens is 566 g/mol. The average molecular weight is 589 g/mol. The fraction of sp³-hybridized carbons (Fsp3) is 0.115. The van der Waals surface area contributed by atoms with Gasteiger partial charge in [0, 0.05) is 17.8 Å². The number of urea groups is 1. The van der Waals surface area contributed by atoms with Gasteiger partial charge in [-0.3, -0.25) is 0 Å². The zero-order chi connectivity index (χ0) is 28.2. The lowest BCUT2D eigenvalue weighted by molar-refractivity contribution is 0.251. The molecule has 9 nitrogen and oxygen atoms in total. The molecular formula is C26H23Cl2FN6O3S. The average Bonchev–Trinajstić information content (AvgIpc) is 2.88. The summed E-state index contributed by atoms with van der Waals surface area (Å²) in [5.74, 6) is 0.327. The molecule has 0 saturated carbocycles. The number of hydrogen-bond donors (Lipinski definition) is 4. The van der Waals surface area contributed by atoms with Gasteiger partial charge < -0.3 is 22.1 Å². The van der Waals surface area contributed by atoms with Crippen LogP contribution in [0.2, 0.25) is 10.0 Å². The maximum absolute atomic E-state index is 13.0. The number of benzene rings is 3. The second kappa shape index (κ2) is 11.9. The molecule has 4 aromatic rings. The molecule has 2 amide bonds. The maximum atomic E-state index is 13.0. The lowest BCUT2D eigenvalue weighted by atomic mass is 9.99. The molecule has 4 rings (SSSR count). The predicted octanol–water partition coefficient (Wildman–Crippen LogP) is 5.38. The molecule has 13 heteroatoms. The molecule has 1 aromatic heterocycles. The van der Waals surface area contributed by atoms with Crippen molar-refractivity contribution in [2.45, 2.75) is 24.3 Å². The van der Waals surface area contributed by atoms with E-state index in [2.05, 4.69) is 20.6 Å². The Kier molecular flexibility index (Phi) is 8.54. The van der Waals surface area contributed by atoms with Crippen LogP contribution in [0.1, 0.15) is 16.8 Å². The molecule has 0 atom stereocenters. The summed E-state index contributed by atoms with van der Waals surface area (Å²) < 4.78 is 34.8. The SMILES string of the molecule is Nc1nc(N)c(-c2ccc(Cl)c(Cl)c2)c(CCc2ccc(CNC(=O)Nc3ccc(S(=O)(=O)F)cc3)cc2)n1. The van der Waals surface area contributed by atoms with E-state index in [1.54, 1.807) is 18.2 Å². The van der Waals surface area contributed by atoms with E-state index in [1.807, 2.05) is 24.3 Å². The van der Waals surface area contributed by atoms with E-state index >= 15 is 0 Å². The molecule has 0 fully saturated rings. The summed E-state index contributed by atoms with van der Waals surface area (Å²) in [6.45, 7) is 0.253. The van der Waals surface area contributed by atoms with Crippen LogP contribution in [-0.2, 0) is 29.6 Å². The number of carbonyl (C=O) groups excluding carboxylic acids is 1. The van der Waals surface area contributed by atoms with Gasteiger partial charge in [0.15, 0.2) is 0 Å². The third-order valence-corrected chi connectivity index (χ3v) is 7.33. The summed E-state index contributed by atoms with van der Waals surface area (Å²) in [5.41, 5.74) is 16.3. The first-order valence-corrected chi connectivity index (χ1v) is 13.7. The first kappa shape index (κ1) is 28.1. The molecule has 6 N–H and O–H groups in total. The van der Waals surface area contributed by atoms with E-state index < -0.39 is 21.1 Å². The van der Waals surface area contributed by atoms with Crippen LogP contribution in [0.15, 0.2) is 71.6 Å². The molecule has 0 aliphatic carbocycles. The van der Waals surface area contributed by atoms with Crippen molar-refractivity contribution in [3.05, 3.63) is 93.6 Å². The Morgan fingerprint density at radius 3 is 2.18 bits per heavy atom. The van der Waals surface area contributed by atoms with Gasteiger partial charge in [-0.1, -0.05) is 53.5 Å². The highest BCUT2D eigenvalue weighted by Crippen LogP contribution is 2.33. The first-order valence-electron chi connectivity index (χ1n) is 11.5. The van der Waals surface area contributed by atoms with Gasteiger partial charge in [-0.15, -0.1) is 3.89 Å². The van der Waals surface area contributed by atoms with E-state index in [9.17, 15) is 17.1 Å². The fourth-order valence-electron chi connectivity index (χ4n) is 3.84. The van der Waals surface area contributed by atoms with Crippen molar-refractivity contribution < 1.29 is 17.1 Å². The van der Waals surface area contributed by atoms with E-state index in [4.69, 9.17) is 34.7 Å². The standard InChI is InChI=1S/C26H23Cl2FN6O3S/c27-20-11-6-17(13-21(20)28)23-22(34-25(31)35-24(23)30)12-5-15-1-3-16(4-2-15)14-32-26(36)33-18-7-9-19(10-8-18)39(29,37)38/h1-4,6-11,13H,5,12,14H2,(H2,32,33,36)(H4,30,31,34,35). The highest BCUT2D eigenvalue weighted by Gasteiger charge is 2.15. The summed E-state index contributed by atoms with van der Waals surface area (Å²) in [5, 5.41) is 6.08. The van der Waals surface area contributed by atoms with Crippen molar-refractivity contribution in [3.8, 4) is 11.1 Å². The minimum absolute atomic E-state index is 0.0781. The van der Waals surface area contributed by atoms with Gasteiger partial charge >= 0.3 is 16.3 Å². The third kappa shape index (κ3) is 7.34. The number of nitrogen functional groups attached to an aromatic ring is 2. The fourth-order valence-corrected chi connectivity index (χ4v) is 4.60. The van der Waals surface area contributed by atoms with Gasteiger partial charge in [0.05, 0.1) is 20.6 Å². The third-order valence-electron chi connectivity index (χ3n) is 5.76. The summed E-state index contributed by atoms with van der Waals surface area (Å²) in [6, 6.07) is 17.1. The lowest BCUT2D eigenvalue weighted by Crippen LogP contribution is -2.28. The van der Waals surface area contributed by atoms with Crippen molar-refractivity contribution in [1.82, 2.24) is 15.3 Å². The molecule has 0 aliphatic rings. The molecule has 202 valence electrons. The lowest BCUT2D eigenvalue weighted by Gasteiger charge is -2.13. The smallest absolute Gasteiger partial charge is 0.332 e. The molecule has 1 heterocycles. The molecule has 39 heavy (non-hydrogen) atoms. The van der Waals surface area contributed by atoms with Crippen LogP contribution in [0.25, 0.3) is 11.1 Å². The Balaban J connectivity index is 1.36. The highest BCUT2D eigenvalue weighted by molar-refractivity contribution is 7.86. The molecule has 0 unspecified atom stereocenters. The number of nitrogens with one attached hydrogen (secondary N) is 2. The molecule has 0 spiro atoms. The van der Waals surface area contributed by atoms with E-state index in [-0.39, 0.29) is 18.3 Å². The number of halogens is 3. The van der Waals surface area contributed by atoms with Crippen molar-refractivity contribution in [3.63, 3.8) is 0 Å². The van der Waals surface area contributed by atoms with Gasteiger partial charge in [-0.25, -0.2) is 9.78 Å². The quantitative estimate of drug-likeness (QED) is 0.201. The van der Waals surface area contributed by atoms with Crippen molar-refractivity contribution in [2.24, 2.45) is 0 Å². The van der Waals surface area contributed by atoms with Crippen molar-refractivity contribution in [1.29, 1.82) is 0 Å². The van der Waals surface area contributed by atoms with Crippen LogP contribution in [-0.4, -0.2) is 24.4 Å². The second-order valence-corrected chi connectivity index (χ2v) is 10.7. The van der Waals surface area contributed by atoms with E-state index in [1.165, 1.54) is 12.1 Å². The second-order valence-electron chi connectivity index (χ2n) is 8.50. The van der Waals surface area contributed by atoms with Crippen molar-refractivity contribution >= 4 is 56.9 Å². The number of amides is 2. The van der Waals surface area contributed by atoms with Gasteiger partial charge in [-0.2, -0.15) is 13.4 Å². The molecule has 0 radical (unpaired) electrons. The van der Waals surface area contributed by atoms with Gasteiger partial charge in [0.25, 0.3) is 0 Å². The van der Waals surface area contributed by atoms with Crippen LogP contribution in [0.3, 0.4) is 0 Å². The van der Waals surface area contributed by atoms with Crippen LogP contribution < -0.4 is 22.1 Å². The Morgan fingerprint density at radius 2 is 1.54 bits per heavy atom. The summed E-state index contributed by atoms with van der Waals surface area (Å²) >= 11 is 12.2. The number of anilines is 3. The number of rotatable bonds is 8. The van der Waals surface area contributed by atoms with Crippen LogP contribution in [0.4, 0.5) is 26.1 Å². The molecule has 3 aromatic carbocycles. The summed E-state index contributed by atoms with van der Waals surface area (Å²) in [4.78, 5) is 20.2. The zero-order valence-electron chi connectivity index (χ0n) is 20.3. The highest BCUT2D eigenvalue weighted by atomic mass is 35.5. The van der Waals surface area contributed by atoms with Gasteiger partial charge in [-0.05, 0) is 65.9 Å². The first-order chi connectivity index (χ1) is 18.5. The minimum atomic E-state index is -4.79. The van der Waals surface area contributed by atoms with Gasteiger partial charge in [0.2, 0.25) is 5.95 Å². The number of nitrogens with zero attached hydrogens (tertiary/aromatic N) is 2. The number of carbonyl (C=O) groups is 1. The summed E-state index contributed by atoms with van der Waals surface area (Å²) in [6.07, 6.45) is 1.18. The van der Waals surface area contributed by atoms with Crippen LogP contribution in [0, 0.1) is 0 Å². The normalized spacial score (nSPS) is 11.3. The number of aromatic nitrogens is 2. The van der Waals surface area contributed by atoms with Crippen LogP contribution >= 0.6 is 23.2 Å². The maximum Gasteiger partial charge on any atom is 0.332 e.